The topological polar surface area (TPSA) is 74.2 Å². The molecule has 0 aliphatic carbocycles. The zero-order valence-electron chi connectivity index (χ0n) is 11.3. The molecule has 0 saturated carbocycles. The molecule has 0 heterocycles. The first-order valence-corrected chi connectivity index (χ1v) is 6.29. The van der Waals surface area contributed by atoms with E-state index in [9.17, 15) is 4.79 Å². The quantitative estimate of drug-likeness (QED) is 0.771. The summed E-state index contributed by atoms with van der Waals surface area (Å²) in [4.78, 5) is 11.5. The van der Waals surface area contributed by atoms with E-state index in [1.165, 1.54) is 0 Å². The third-order valence-corrected chi connectivity index (χ3v) is 2.34. The molecule has 0 unspecified atom stereocenters. The van der Waals surface area contributed by atoms with E-state index >= 15 is 0 Å². The lowest BCUT2D eigenvalue weighted by molar-refractivity contribution is 0.160. The van der Waals surface area contributed by atoms with Crippen LogP contribution in [0.1, 0.15) is 25.8 Å². The van der Waals surface area contributed by atoms with Gasteiger partial charge in [-0.15, -0.1) is 0 Å². The second kappa shape index (κ2) is 8.11. The summed E-state index contributed by atoms with van der Waals surface area (Å²) < 4.78 is 5.03. The highest BCUT2D eigenvalue weighted by atomic mass is 16.5. The molecule has 0 saturated heterocycles. The van der Waals surface area contributed by atoms with Gasteiger partial charge in [0, 0.05) is 11.7 Å². The summed E-state index contributed by atoms with van der Waals surface area (Å²) in [5.74, 6) is 0. The van der Waals surface area contributed by atoms with E-state index in [1.807, 2.05) is 6.07 Å². The molecule has 0 atom stereocenters. The molecule has 1 aromatic carbocycles. The van der Waals surface area contributed by atoms with Crippen molar-refractivity contribution in [3.63, 3.8) is 0 Å². The summed E-state index contributed by atoms with van der Waals surface area (Å²) in [6.45, 7) is 5.31. The fraction of sp³-hybridized carbons (Fsp3) is 0.429. The van der Waals surface area contributed by atoms with Crippen LogP contribution in [-0.4, -0.2) is 25.3 Å². The Morgan fingerprint density at radius 2 is 2.26 bits per heavy atom. The number of hydrogen-bond acceptors (Lipinski definition) is 4. The third-order valence-electron chi connectivity index (χ3n) is 2.34. The van der Waals surface area contributed by atoms with Gasteiger partial charge in [0.15, 0.2) is 0 Å². The minimum atomic E-state index is -0.500. The molecule has 0 aromatic heterocycles. The molecule has 19 heavy (non-hydrogen) atoms. The van der Waals surface area contributed by atoms with Crippen molar-refractivity contribution in [3.8, 4) is 6.07 Å². The van der Waals surface area contributed by atoms with Crippen molar-refractivity contribution in [1.29, 1.82) is 5.26 Å². The number of rotatable bonds is 6. The fourth-order valence-electron chi connectivity index (χ4n) is 1.45. The Labute approximate surface area is 113 Å². The van der Waals surface area contributed by atoms with Crippen molar-refractivity contribution >= 4 is 11.8 Å². The lowest BCUT2D eigenvalue weighted by Crippen LogP contribution is -2.25. The number of benzene rings is 1. The highest BCUT2D eigenvalue weighted by Crippen LogP contribution is 2.09. The molecule has 1 aromatic rings. The van der Waals surface area contributed by atoms with Gasteiger partial charge in [0.2, 0.25) is 0 Å². The lowest BCUT2D eigenvalue weighted by atomic mass is 10.2. The monoisotopic (exact) mass is 261 g/mol. The molecular formula is C14H19N3O2. The summed E-state index contributed by atoms with van der Waals surface area (Å²) in [6, 6.07) is 9.14. The van der Waals surface area contributed by atoms with E-state index in [4.69, 9.17) is 10.00 Å². The van der Waals surface area contributed by atoms with Crippen LogP contribution >= 0.6 is 0 Å². The minimum Gasteiger partial charge on any atom is -0.449 e. The van der Waals surface area contributed by atoms with Crippen LogP contribution in [0.2, 0.25) is 0 Å². The smallest absolute Gasteiger partial charge is 0.411 e. The lowest BCUT2D eigenvalue weighted by Gasteiger charge is -2.09. The van der Waals surface area contributed by atoms with Gasteiger partial charge in [0.25, 0.3) is 0 Å². The Hall–Kier alpha value is -2.06. The van der Waals surface area contributed by atoms with Crippen LogP contribution in [-0.2, 0) is 4.74 Å². The van der Waals surface area contributed by atoms with Crippen molar-refractivity contribution < 1.29 is 9.53 Å². The SMILES string of the molecule is CC(C)NCCCOC(=O)Nc1cccc(C#N)c1. The number of ether oxygens (including phenoxy) is 1. The van der Waals surface area contributed by atoms with Gasteiger partial charge in [-0.3, -0.25) is 5.32 Å². The molecule has 1 amide bonds. The molecular weight excluding hydrogens is 242 g/mol. The van der Waals surface area contributed by atoms with Crippen molar-refractivity contribution in [2.45, 2.75) is 26.3 Å². The molecule has 2 N–H and O–H groups in total. The molecule has 0 aliphatic rings. The number of nitrogens with zero attached hydrogens (tertiary/aromatic N) is 1. The summed E-state index contributed by atoms with van der Waals surface area (Å²) >= 11 is 0. The summed E-state index contributed by atoms with van der Waals surface area (Å²) in [7, 11) is 0. The third kappa shape index (κ3) is 6.43. The Balaban J connectivity index is 2.25. The maximum absolute atomic E-state index is 11.5. The number of nitriles is 1. The second-order valence-electron chi connectivity index (χ2n) is 4.42. The number of carbonyl (C=O) groups excluding carboxylic acids is 1. The fourth-order valence-corrected chi connectivity index (χ4v) is 1.45. The first kappa shape index (κ1) is 15.0. The van der Waals surface area contributed by atoms with E-state index in [2.05, 4.69) is 24.5 Å². The van der Waals surface area contributed by atoms with Crippen molar-refractivity contribution in [2.24, 2.45) is 0 Å². The summed E-state index contributed by atoms with van der Waals surface area (Å²) in [5, 5.41) is 14.6. The standard InChI is InChI=1S/C14H19N3O2/c1-11(2)16-7-4-8-19-14(18)17-13-6-3-5-12(9-13)10-15/h3,5-6,9,11,16H,4,7-8H2,1-2H3,(H,17,18). The van der Waals surface area contributed by atoms with Crippen molar-refractivity contribution in [2.75, 3.05) is 18.5 Å². The van der Waals surface area contributed by atoms with Gasteiger partial charge in [-0.1, -0.05) is 19.9 Å². The summed E-state index contributed by atoms with van der Waals surface area (Å²) in [5.41, 5.74) is 1.06. The van der Waals surface area contributed by atoms with Crippen LogP contribution in [0.15, 0.2) is 24.3 Å². The predicted octanol–water partition coefficient (Wildman–Crippen LogP) is 2.49. The average Bonchev–Trinajstić information content (AvgIpc) is 2.38. The van der Waals surface area contributed by atoms with E-state index in [0.717, 1.165) is 13.0 Å². The molecule has 0 aliphatic heterocycles. The molecule has 0 spiro atoms. The summed E-state index contributed by atoms with van der Waals surface area (Å²) in [6.07, 6.45) is 0.267. The van der Waals surface area contributed by atoms with E-state index < -0.39 is 6.09 Å². The molecule has 5 nitrogen and oxygen atoms in total. The minimum absolute atomic E-state index is 0.365. The molecule has 0 fully saturated rings. The number of nitrogens with one attached hydrogen (secondary N) is 2. The normalized spacial score (nSPS) is 10.0. The van der Waals surface area contributed by atoms with E-state index in [-0.39, 0.29) is 0 Å². The molecule has 102 valence electrons. The number of carbonyl (C=O) groups is 1. The van der Waals surface area contributed by atoms with Gasteiger partial charge < -0.3 is 10.1 Å². The second-order valence-corrected chi connectivity index (χ2v) is 4.42. The Bertz CT molecular complexity index is 452. The largest absolute Gasteiger partial charge is 0.449 e. The van der Waals surface area contributed by atoms with Crippen LogP contribution in [0.3, 0.4) is 0 Å². The zero-order valence-corrected chi connectivity index (χ0v) is 11.3. The Morgan fingerprint density at radius 1 is 1.47 bits per heavy atom. The Morgan fingerprint density at radius 3 is 2.95 bits per heavy atom. The highest BCUT2D eigenvalue weighted by molar-refractivity contribution is 5.84. The number of amides is 1. The number of anilines is 1. The average molecular weight is 261 g/mol. The van der Waals surface area contributed by atoms with Crippen molar-refractivity contribution in [1.82, 2.24) is 5.32 Å². The van der Waals surface area contributed by atoms with E-state index in [0.29, 0.717) is 23.9 Å². The van der Waals surface area contributed by atoms with E-state index in [1.54, 1.807) is 24.3 Å². The molecule has 0 radical (unpaired) electrons. The van der Waals surface area contributed by atoms with Gasteiger partial charge in [-0.05, 0) is 31.2 Å². The van der Waals surface area contributed by atoms with Crippen LogP contribution in [0.4, 0.5) is 10.5 Å². The number of hydrogen-bond donors (Lipinski definition) is 2. The van der Waals surface area contributed by atoms with Gasteiger partial charge in [-0.25, -0.2) is 4.79 Å². The first-order valence-electron chi connectivity index (χ1n) is 6.29. The van der Waals surface area contributed by atoms with Gasteiger partial charge in [0.05, 0.1) is 18.2 Å². The highest BCUT2D eigenvalue weighted by Gasteiger charge is 2.03. The van der Waals surface area contributed by atoms with Crippen LogP contribution in [0.25, 0.3) is 0 Å². The first-order chi connectivity index (χ1) is 9.11. The van der Waals surface area contributed by atoms with Crippen LogP contribution < -0.4 is 10.6 Å². The van der Waals surface area contributed by atoms with Crippen LogP contribution in [0, 0.1) is 11.3 Å². The predicted molar refractivity (Wildman–Crippen MR) is 73.9 cm³/mol. The Kier molecular flexibility index (Phi) is 6.41. The van der Waals surface area contributed by atoms with Gasteiger partial charge in [0.1, 0.15) is 0 Å². The zero-order chi connectivity index (χ0) is 14.1. The maximum atomic E-state index is 11.5. The van der Waals surface area contributed by atoms with Gasteiger partial charge >= 0.3 is 6.09 Å². The molecule has 1 rings (SSSR count). The van der Waals surface area contributed by atoms with Crippen LogP contribution in [0.5, 0.6) is 0 Å². The maximum Gasteiger partial charge on any atom is 0.411 e. The van der Waals surface area contributed by atoms with Gasteiger partial charge in [-0.2, -0.15) is 5.26 Å². The molecule has 5 heteroatoms. The van der Waals surface area contributed by atoms with Crippen molar-refractivity contribution in [3.05, 3.63) is 29.8 Å². The molecule has 0 bridgehead atoms.